The molecule has 0 spiro atoms. The predicted molar refractivity (Wildman–Crippen MR) is 35.7 cm³/mol. The van der Waals surface area contributed by atoms with Crippen molar-refractivity contribution in [1.82, 2.24) is 3.93 Å². The predicted octanol–water partition coefficient (Wildman–Crippen LogP) is -0.625. The van der Waals surface area contributed by atoms with Gasteiger partial charge in [0.1, 0.15) is 0 Å². The SMILES string of the molecule is NC(=O)N(Br)C(N)=O.[Na]. The van der Waals surface area contributed by atoms with E-state index < -0.39 is 12.1 Å². The molecule has 1 radical (unpaired) electrons. The van der Waals surface area contributed by atoms with Crippen LogP contribution in [0.5, 0.6) is 0 Å². The molecule has 0 rings (SSSR count). The Kier molecular flexibility index (Phi) is 6.69. The Morgan fingerprint density at radius 1 is 1.22 bits per heavy atom. The van der Waals surface area contributed by atoms with Crippen molar-refractivity contribution in [2.45, 2.75) is 0 Å². The van der Waals surface area contributed by atoms with Crippen LogP contribution in [-0.2, 0) is 0 Å². The maximum atomic E-state index is 9.94. The zero-order chi connectivity index (χ0) is 6.73. The van der Waals surface area contributed by atoms with Crippen LogP contribution in [0.15, 0.2) is 0 Å². The number of urea groups is 2. The summed E-state index contributed by atoms with van der Waals surface area (Å²) in [5.41, 5.74) is 9.15. The number of hydrogen-bond donors (Lipinski definition) is 2. The zero-order valence-electron chi connectivity index (χ0n) is 4.80. The molecule has 9 heavy (non-hydrogen) atoms. The van der Waals surface area contributed by atoms with Crippen molar-refractivity contribution in [3.05, 3.63) is 0 Å². The van der Waals surface area contributed by atoms with E-state index in [0.717, 1.165) is 0 Å². The number of carbonyl (C=O) groups is 2. The Hall–Kier alpha value is 0.220. The minimum atomic E-state index is -0.933. The molecule has 4 amide bonds. The number of nitrogens with two attached hydrogens (primary N) is 2. The molecule has 0 atom stereocenters. The van der Waals surface area contributed by atoms with Crippen molar-refractivity contribution in [2.24, 2.45) is 11.5 Å². The van der Waals surface area contributed by atoms with Gasteiger partial charge in [-0.1, -0.05) is 0 Å². The Bertz CT molecular complexity index is 115. The van der Waals surface area contributed by atoms with Crippen LogP contribution < -0.4 is 11.5 Å². The molecule has 0 aromatic heterocycles. The van der Waals surface area contributed by atoms with Crippen molar-refractivity contribution in [3.63, 3.8) is 0 Å². The molecule has 0 aromatic carbocycles. The molecule has 0 aliphatic rings. The normalized spacial score (nSPS) is 7.22. The fourth-order valence-corrected chi connectivity index (χ4v) is 0.109. The second-order valence-corrected chi connectivity index (χ2v) is 1.67. The number of imide groups is 1. The zero-order valence-corrected chi connectivity index (χ0v) is 8.38. The molecule has 4 N–H and O–H groups in total. The van der Waals surface area contributed by atoms with Crippen molar-refractivity contribution in [1.29, 1.82) is 0 Å². The first-order chi connectivity index (χ1) is 3.55. The van der Waals surface area contributed by atoms with E-state index in [2.05, 4.69) is 27.6 Å². The summed E-state index contributed by atoms with van der Waals surface area (Å²) in [7, 11) is 0. The Morgan fingerprint density at radius 3 is 1.44 bits per heavy atom. The monoisotopic (exact) mass is 204 g/mol. The number of carbonyl (C=O) groups excluding carboxylic acids is 2. The largest absolute Gasteiger partial charge is 0.350 e. The summed E-state index contributed by atoms with van der Waals surface area (Å²) in [5, 5.41) is 0. The van der Waals surface area contributed by atoms with Crippen molar-refractivity contribution in [2.75, 3.05) is 0 Å². The second-order valence-electron chi connectivity index (χ2n) is 0.957. The quantitative estimate of drug-likeness (QED) is 0.407. The number of amides is 4. The van der Waals surface area contributed by atoms with E-state index >= 15 is 0 Å². The van der Waals surface area contributed by atoms with Crippen molar-refractivity contribution >= 4 is 57.8 Å². The van der Waals surface area contributed by atoms with Gasteiger partial charge in [0.2, 0.25) is 0 Å². The summed E-state index contributed by atoms with van der Waals surface area (Å²) in [6.45, 7) is 0. The van der Waals surface area contributed by atoms with Crippen LogP contribution in [0.2, 0.25) is 0 Å². The first kappa shape index (κ1) is 12.0. The number of hydrogen-bond acceptors (Lipinski definition) is 2. The molecular weight excluding hydrogens is 201 g/mol. The summed E-state index contributed by atoms with van der Waals surface area (Å²) in [5.74, 6) is 0. The minimum Gasteiger partial charge on any atom is -0.350 e. The molecule has 0 aliphatic heterocycles. The molecular formula is C2H4BrN3NaO2. The fraction of sp³-hybridized carbons (Fsp3) is 0. The number of primary amides is 2. The Morgan fingerprint density at radius 2 is 1.44 bits per heavy atom. The Labute approximate surface area is 82.4 Å². The Balaban J connectivity index is 0. The van der Waals surface area contributed by atoms with Gasteiger partial charge in [-0.2, -0.15) is 3.93 Å². The maximum absolute atomic E-state index is 9.94. The summed E-state index contributed by atoms with van der Waals surface area (Å²) >= 11 is 2.49. The fourth-order valence-electron chi connectivity index (χ4n) is 0.109. The summed E-state index contributed by atoms with van der Waals surface area (Å²) in [6, 6.07) is -1.87. The van der Waals surface area contributed by atoms with Crippen LogP contribution in [0.25, 0.3) is 0 Å². The van der Waals surface area contributed by atoms with E-state index in [9.17, 15) is 9.59 Å². The molecule has 7 heteroatoms. The summed E-state index contributed by atoms with van der Waals surface area (Å²) in [4.78, 5) is 19.9. The molecule has 0 unspecified atom stereocenters. The summed E-state index contributed by atoms with van der Waals surface area (Å²) < 4.78 is 0.424. The van der Waals surface area contributed by atoms with Crippen LogP contribution in [0, 0.1) is 0 Å². The number of nitrogens with zero attached hydrogens (tertiary/aromatic N) is 1. The number of rotatable bonds is 0. The maximum Gasteiger partial charge on any atom is 0.333 e. The average molecular weight is 205 g/mol. The molecule has 0 aromatic rings. The number of halogens is 1. The molecule has 47 valence electrons. The molecule has 5 nitrogen and oxygen atoms in total. The van der Waals surface area contributed by atoms with Crippen LogP contribution in [0.1, 0.15) is 0 Å². The van der Waals surface area contributed by atoms with Crippen LogP contribution in [0.3, 0.4) is 0 Å². The first-order valence-corrected chi connectivity index (χ1v) is 2.31. The van der Waals surface area contributed by atoms with Crippen LogP contribution in [0.4, 0.5) is 9.59 Å². The van der Waals surface area contributed by atoms with Crippen molar-refractivity contribution in [3.8, 4) is 0 Å². The van der Waals surface area contributed by atoms with Gasteiger partial charge in [-0.15, -0.1) is 0 Å². The van der Waals surface area contributed by atoms with E-state index in [4.69, 9.17) is 0 Å². The van der Waals surface area contributed by atoms with E-state index in [1.165, 1.54) is 0 Å². The average Bonchev–Trinajstić information content (AvgIpc) is 1.64. The topological polar surface area (TPSA) is 89.4 Å². The minimum absolute atomic E-state index is 0. The molecule has 0 fully saturated rings. The third-order valence-corrected chi connectivity index (χ3v) is 1.09. The molecule has 0 saturated carbocycles. The van der Waals surface area contributed by atoms with Gasteiger partial charge >= 0.3 is 12.1 Å². The third-order valence-electron chi connectivity index (χ3n) is 0.387. The van der Waals surface area contributed by atoms with E-state index in [1.54, 1.807) is 0 Å². The first-order valence-electron chi connectivity index (χ1n) is 1.60. The van der Waals surface area contributed by atoms with Gasteiger partial charge in [0.25, 0.3) is 0 Å². The van der Waals surface area contributed by atoms with Gasteiger partial charge in [0, 0.05) is 29.6 Å². The van der Waals surface area contributed by atoms with Crippen molar-refractivity contribution < 1.29 is 9.59 Å². The third kappa shape index (κ3) is 4.71. The van der Waals surface area contributed by atoms with Gasteiger partial charge in [-0.25, -0.2) is 9.59 Å². The van der Waals surface area contributed by atoms with Crippen LogP contribution in [-0.4, -0.2) is 45.5 Å². The van der Waals surface area contributed by atoms with Gasteiger partial charge < -0.3 is 11.5 Å². The molecule has 0 aliphatic carbocycles. The van der Waals surface area contributed by atoms with Gasteiger partial charge in [-0.3, -0.25) is 0 Å². The standard InChI is InChI=1S/C2H4BrN3O2.Na/c3-6(1(4)7)2(5)8;/h(H2,4,7)(H2,5,8);. The van der Waals surface area contributed by atoms with E-state index in [1.807, 2.05) is 0 Å². The molecule has 0 saturated heterocycles. The van der Waals surface area contributed by atoms with Gasteiger partial charge in [0.15, 0.2) is 0 Å². The van der Waals surface area contributed by atoms with E-state index in [-0.39, 0.29) is 29.6 Å². The summed E-state index contributed by atoms with van der Waals surface area (Å²) in [6.07, 6.45) is 0. The van der Waals surface area contributed by atoms with E-state index in [0.29, 0.717) is 3.93 Å². The van der Waals surface area contributed by atoms with Gasteiger partial charge in [0.05, 0.1) is 16.1 Å². The second kappa shape index (κ2) is 5.04. The smallest absolute Gasteiger partial charge is 0.333 e. The molecule has 0 heterocycles. The van der Waals surface area contributed by atoms with Crippen LogP contribution >= 0.6 is 16.1 Å². The van der Waals surface area contributed by atoms with Gasteiger partial charge in [-0.05, 0) is 0 Å². The molecule has 0 bridgehead atoms.